The van der Waals surface area contributed by atoms with Gasteiger partial charge in [-0.05, 0) is 0 Å². The summed E-state index contributed by atoms with van der Waals surface area (Å²) < 4.78 is 10.1. The number of ether oxygens (including phenoxy) is 1. The topological polar surface area (TPSA) is 94.3 Å². The molecule has 21 heavy (non-hydrogen) atoms. The van der Waals surface area contributed by atoms with Crippen LogP contribution in [-0.2, 0) is 17.7 Å². The number of hydrogen-bond acceptors (Lipinski definition) is 8. The van der Waals surface area contributed by atoms with Crippen LogP contribution in [-0.4, -0.2) is 28.8 Å². The zero-order valence-corrected chi connectivity index (χ0v) is 12.7. The minimum Gasteiger partial charge on any atom is -0.464 e. The van der Waals surface area contributed by atoms with Gasteiger partial charge in [0.25, 0.3) is 0 Å². The molecule has 0 aliphatic rings. The lowest BCUT2D eigenvalue weighted by Crippen LogP contribution is -2.07. The minimum absolute atomic E-state index is 0.0270. The molecule has 2 aromatic heterocycles. The molecule has 0 radical (unpaired) electrons. The van der Waals surface area contributed by atoms with Crippen LogP contribution < -0.4 is 5.32 Å². The Balaban J connectivity index is 2.13. The largest absolute Gasteiger partial charge is 0.464 e. The number of hydrogen-bond donors (Lipinski definition) is 1. The molecule has 0 fully saturated rings. The number of nitrogens with one attached hydrogen (secondary N) is 1. The molecule has 0 saturated carbocycles. The Kier molecular flexibility index (Phi) is 4.69. The summed E-state index contributed by atoms with van der Waals surface area (Å²) in [5.74, 6) is 0.455. The molecule has 0 atom stereocenters. The van der Waals surface area contributed by atoms with Gasteiger partial charge < -0.3 is 14.5 Å². The van der Waals surface area contributed by atoms with Crippen molar-refractivity contribution in [3.05, 3.63) is 28.4 Å². The maximum atomic E-state index is 11.6. The highest BCUT2D eigenvalue weighted by molar-refractivity contribution is 7.17. The number of rotatable bonds is 6. The molecule has 0 aromatic carbocycles. The van der Waals surface area contributed by atoms with Crippen molar-refractivity contribution < 1.29 is 18.7 Å². The number of carbonyl (C=O) groups is 2. The van der Waals surface area contributed by atoms with Gasteiger partial charge in [-0.2, -0.15) is 0 Å². The van der Waals surface area contributed by atoms with Gasteiger partial charge in [-0.1, -0.05) is 18.3 Å². The predicted octanol–water partition coefficient (Wildman–Crippen LogP) is 2.29. The second kappa shape index (κ2) is 6.49. The van der Waals surface area contributed by atoms with Crippen molar-refractivity contribution in [2.75, 3.05) is 12.4 Å². The van der Waals surface area contributed by atoms with E-state index in [4.69, 9.17) is 4.42 Å². The summed E-state index contributed by atoms with van der Waals surface area (Å²) in [5.41, 5.74) is 0.0270. The molecule has 2 heterocycles. The molecular formula is C13H15N3O4S. The quantitative estimate of drug-likeness (QED) is 0.646. The number of esters is 1. The standard InChI is InChI=1S/C13H15N3O4S/c1-4-8-5-14-9(20-8)6-15-13-16-10(12(18)19-3)11(21-13)7(2)17/h5H,4,6H2,1-3H3,(H,15,16). The molecule has 0 aliphatic carbocycles. The first-order valence-electron chi connectivity index (χ1n) is 6.32. The smallest absolute Gasteiger partial charge is 0.358 e. The zero-order chi connectivity index (χ0) is 15.4. The first kappa shape index (κ1) is 15.2. The van der Waals surface area contributed by atoms with Crippen LogP contribution in [0.1, 0.15) is 45.7 Å². The van der Waals surface area contributed by atoms with E-state index < -0.39 is 5.97 Å². The van der Waals surface area contributed by atoms with E-state index >= 15 is 0 Å². The van der Waals surface area contributed by atoms with Crippen LogP contribution in [0.4, 0.5) is 5.13 Å². The van der Waals surface area contributed by atoms with Gasteiger partial charge in [-0.25, -0.2) is 14.8 Å². The van der Waals surface area contributed by atoms with Crippen LogP contribution in [0.15, 0.2) is 10.6 Å². The van der Waals surface area contributed by atoms with E-state index in [2.05, 4.69) is 20.0 Å². The first-order chi connectivity index (χ1) is 10.0. The number of nitrogens with zero attached hydrogens (tertiary/aromatic N) is 2. The van der Waals surface area contributed by atoms with Gasteiger partial charge in [0.15, 0.2) is 16.6 Å². The Labute approximate surface area is 125 Å². The van der Waals surface area contributed by atoms with Crippen LogP contribution in [0.5, 0.6) is 0 Å². The van der Waals surface area contributed by atoms with Gasteiger partial charge in [0, 0.05) is 13.3 Å². The third-order valence-corrected chi connectivity index (χ3v) is 3.78. The SMILES string of the molecule is CCc1cnc(CNc2nc(C(=O)OC)c(C(C)=O)s2)o1. The third kappa shape index (κ3) is 3.46. The Morgan fingerprint density at radius 2 is 2.24 bits per heavy atom. The summed E-state index contributed by atoms with van der Waals surface area (Å²) in [6.45, 7) is 3.68. The molecule has 2 aromatic rings. The molecule has 112 valence electrons. The molecule has 0 bridgehead atoms. The fourth-order valence-electron chi connectivity index (χ4n) is 1.61. The van der Waals surface area contributed by atoms with Crippen molar-refractivity contribution in [3.8, 4) is 0 Å². The predicted molar refractivity (Wildman–Crippen MR) is 76.7 cm³/mol. The van der Waals surface area contributed by atoms with Crippen LogP contribution in [0, 0.1) is 0 Å². The van der Waals surface area contributed by atoms with E-state index in [1.165, 1.54) is 14.0 Å². The molecule has 0 amide bonds. The monoisotopic (exact) mass is 309 g/mol. The van der Waals surface area contributed by atoms with Gasteiger partial charge >= 0.3 is 5.97 Å². The van der Waals surface area contributed by atoms with Crippen LogP contribution in [0.25, 0.3) is 0 Å². The highest BCUT2D eigenvalue weighted by atomic mass is 32.1. The second-order valence-corrected chi connectivity index (χ2v) is 5.17. The number of ketones is 1. The van der Waals surface area contributed by atoms with E-state index in [1.807, 2.05) is 6.92 Å². The fourth-order valence-corrected chi connectivity index (χ4v) is 2.46. The van der Waals surface area contributed by atoms with Gasteiger partial charge in [0.1, 0.15) is 10.6 Å². The van der Waals surface area contributed by atoms with Crippen LogP contribution in [0.2, 0.25) is 0 Å². The number of anilines is 1. The van der Waals surface area contributed by atoms with Crippen LogP contribution >= 0.6 is 11.3 Å². The Bertz CT molecular complexity index is 662. The summed E-state index contributed by atoms with van der Waals surface area (Å²) >= 11 is 1.10. The van der Waals surface area contributed by atoms with Crippen LogP contribution in [0.3, 0.4) is 0 Å². The van der Waals surface area contributed by atoms with Gasteiger partial charge in [-0.3, -0.25) is 4.79 Å². The summed E-state index contributed by atoms with van der Waals surface area (Å²) in [4.78, 5) is 31.6. The van der Waals surface area contributed by atoms with Crippen molar-refractivity contribution in [3.63, 3.8) is 0 Å². The molecule has 1 N–H and O–H groups in total. The lowest BCUT2D eigenvalue weighted by molar-refractivity contribution is 0.0591. The summed E-state index contributed by atoms with van der Waals surface area (Å²) in [7, 11) is 1.25. The zero-order valence-electron chi connectivity index (χ0n) is 11.9. The number of Topliss-reactive ketones (excluding diaryl/α,β-unsaturated/α-hetero) is 1. The van der Waals surface area contributed by atoms with Crippen molar-refractivity contribution in [1.82, 2.24) is 9.97 Å². The van der Waals surface area contributed by atoms with E-state index in [-0.39, 0.29) is 16.4 Å². The molecule has 7 nitrogen and oxygen atoms in total. The van der Waals surface area contributed by atoms with E-state index in [1.54, 1.807) is 6.20 Å². The van der Waals surface area contributed by atoms with Gasteiger partial charge in [-0.15, -0.1) is 0 Å². The lowest BCUT2D eigenvalue weighted by Gasteiger charge is -1.97. The molecular weight excluding hydrogens is 294 g/mol. The van der Waals surface area contributed by atoms with Crippen molar-refractivity contribution >= 4 is 28.2 Å². The van der Waals surface area contributed by atoms with Crippen molar-refractivity contribution in [1.29, 1.82) is 0 Å². The highest BCUT2D eigenvalue weighted by Gasteiger charge is 2.21. The Hall–Kier alpha value is -2.22. The molecule has 2 rings (SSSR count). The minimum atomic E-state index is -0.631. The highest BCUT2D eigenvalue weighted by Crippen LogP contribution is 2.24. The maximum Gasteiger partial charge on any atom is 0.358 e. The molecule has 0 aliphatic heterocycles. The third-order valence-electron chi connectivity index (χ3n) is 2.67. The summed E-state index contributed by atoms with van der Waals surface area (Å²) in [5, 5.41) is 3.43. The van der Waals surface area contributed by atoms with Gasteiger partial charge in [0.2, 0.25) is 5.89 Å². The molecule has 0 saturated heterocycles. The molecule has 8 heteroatoms. The van der Waals surface area contributed by atoms with Crippen molar-refractivity contribution in [2.45, 2.75) is 26.8 Å². The summed E-state index contributed by atoms with van der Waals surface area (Å²) in [6.07, 6.45) is 2.44. The number of methoxy groups -OCH3 is 1. The number of thiazole rings is 1. The molecule has 0 spiro atoms. The normalized spacial score (nSPS) is 10.4. The first-order valence-corrected chi connectivity index (χ1v) is 7.14. The van der Waals surface area contributed by atoms with Gasteiger partial charge in [0.05, 0.1) is 19.9 Å². The number of carbonyl (C=O) groups excluding carboxylic acids is 2. The summed E-state index contributed by atoms with van der Waals surface area (Å²) in [6, 6.07) is 0. The Morgan fingerprint density at radius 1 is 1.48 bits per heavy atom. The van der Waals surface area contributed by atoms with E-state index in [0.717, 1.165) is 23.5 Å². The fraction of sp³-hybridized carbons (Fsp3) is 0.385. The number of aromatic nitrogens is 2. The number of oxazole rings is 1. The average molecular weight is 309 g/mol. The lowest BCUT2D eigenvalue weighted by atomic mass is 10.3. The number of aryl methyl sites for hydroxylation is 1. The van der Waals surface area contributed by atoms with E-state index in [9.17, 15) is 9.59 Å². The van der Waals surface area contributed by atoms with E-state index in [0.29, 0.717) is 17.6 Å². The second-order valence-electron chi connectivity index (χ2n) is 4.17. The Morgan fingerprint density at radius 3 is 2.81 bits per heavy atom. The average Bonchev–Trinajstić information content (AvgIpc) is 3.10. The maximum absolute atomic E-state index is 11.6. The molecule has 0 unspecified atom stereocenters. The van der Waals surface area contributed by atoms with Crippen molar-refractivity contribution in [2.24, 2.45) is 0 Å².